The predicted molar refractivity (Wildman–Crippen MR) is 153 cm³/mol. The number of carbonyl (C=O) groups is 2. The van der Waals surface area contributed by atoms with E-state index in [9.17, 15) is 49.1 Å². The molecular weight excluding hydrogens is 681 g/mol. The fourth-order valence-corrected chi connectivity index (χ4v) is 5.30. The number of benzene rings is 2. The molecule has 1 aliphatic rings. The molecule has 0 spiro atoms. The quantitative estimate of drug-likeness (QED) is 0.217. The standard InChI is InChI=1S/C29H30F9N7O4/c1-14(2)49-26(47)45-15(3)7-23(20-11-17(27(30,31)32)5-6-22(20)45)43(25-40-42-44(41-25)13-21(39)24(46)48-4)12-16-8-18(28(33,34)35)10-19(9-16)29(36,37)38/h5-6,8-11,14-15,21,23H,7,12-13,39H2,1-4H3/t15-,21-,23+/m1/s1. The van der Waals surface area contributed by atoms with E-state index in [2.05, 4.69) is 20.1 Å². The highest BCUT2D eigenvalue weighted by molar-refractivity contribution is 5.90. The van der Waals surface area contributed by atoms with Crippen molar-refractivity contribution in [3.63, 3.8) is 0 Å². The summed E-state index contributed by atoms with van der Waals surface area (Å²) < 4.78 is 134. The maximum Gasteiger partial charge on any atom is 0.416 e. The van der Waals surface area contributed by atoms with Crippen LogP contribution < -0.4 is 15.5 Å². The highest BCUT2D eigenvalue weighted by atomic mass is 19.4. The number of halogens is 9. The van der Waals surface area contributed by atoms with Gasteiger partial charge < -0.3 is 20.1 Å². The molecule has 0 radical (unpaired) electrons. The number of rotatable bonds is 8. The van der Waals surface area contributed by atoms with Crippen LogP contribution in [0.25, 0.3) is 0 Å². The van der Waals surface area contributed by atoms with E-state index in [1.54, 1.807) is 13.8 Å². The number of nitrogens with two attached hydrogens (primary N) is 1. The highest BCUT2D eigenvalue weighted by Crippen LogP contribution is 2.45. The van der Waals surface area contributed by atoms with Gasteiger partial charge in [0.05, 0.1) is 48.2 Å². The smallest absolute Gasteiger partial charge is 0.416 e. The van der Waals surface area contributed by atoms with Crippen molar-refractivity contribution >= 4 is 23.7 Å². The first-order valence-corrected chi connectivity index (χ1v) is 14.5. The van der Waals surface area contributed by atoms with E-state index in [0.29, 0.717) is 12.1 Å². The lowest BCUT2D eigenvalue weighted by atomic mass is 9.89. The van der Waals surface area contributed by atoms with Crippen molar-refractivity contribution in [1.82, 2.24) is 20.2 Å². The molecule has 2 N–H and O–H groups in total. The van der Waals surface area contributed by atoms with E-state index in [0.717, 1.165) is 39.9 Å². The van der Waals surface area contributed by atoms with Crippen molar-refractivity contribution < 1.29 is 58.6 Å². The second-order valence-electron chi connectivity index (χ2n) is 11.5. The van der Waals surface area contributed by atoms with Crippen LogP contribution in [0.15, 0.2) is 36.4 Å². The number of aromatic nitrogens is 4. The molecule has 0 bridgehead atoms. The van der Waals surface area contributed by atoms with Crippen LogP contribution >= 0.6 is 0 Å². The molecule has 3 atom stereocenters. The lowest BCUT2D eigenvalue weighted by molar-refractivity contribution is -0.144. The molecule has 0 fully saturated rings. The van der Waals surface area contributed by atoms with E-state index in [4.69, 9.17) is 10.5 Å². The summed E-state index contributed by atoms with van der Waals surface area (Å²) in [7, 11) is 1.06. The van der Waals surface area contributed by atoms with Gasteiger partial charge in [0.25, 0.3) is 5.95 Å². The van der Waals surface area contributed by atoms with Crippen molar-refractivity contribution in [3.8, 4) is 0 Å². The molecule has 1 aromatic heterocycles. The Morgan fingerprint density at radius 1 is 0.959 bits per heavy atom. The largest absolute Gasteiger partial charge is 0.468 e. The predicted octanol–water partition coefficient (Wildman–Crippen LogP) is 6.12. The minimum Gasteiger partial charge on any atom is -0.468 e. The van der Waals surface area contributed by atoms with Crippen LogP contribution in [0.2, 0.25) is 0 Å². The van der Waals surface area contributed by atoms with Gasteiger partial charge in [-0.05, 0) is 79.9 Å². The maximum absolute atomic E-state index is 14.0. The van der Waals surface area contributed by atoms with E-state index < -0.39 is 96.1 Å². The van der Waals surface area contributed by atoms with Gasteiger partial charge in [0.1, 0.15) is 6.04 Å². The molecule has 20 heteroatoms. The minimum absolute atomic E-state index is 0.0625. The molecular formula is C29H30F9N7O4. The first-order chi connectivity index (χ1) is 22.6. The Morgan fingerprint density at radius 2 is 1.55 bits per heavy atom. The summed E-state index contributed by atoms with van der Waals surface area (Å²) in [5.41, 5.74) is 0.559. The maximum atomic E-state index is 14.0. The third-order valence-electron chi connectivity index (χ3n) is 7.45. The number of nitrogens with zero attached hydrogens (tertiary/aromatic N) is 6. The fraction of sp³-hybridized carbons (Fsp3) is 0.483. The van der Waals surface area contributed by atoms with Gasteiger partial charge in [0.15, 0.2) is 0 Å². The SMILES string of the molecule is COC(=O)[C@H](N)Cn1nnc(N(Cc2cc(C(F)(F)F)cc(C(F)(F)F)c2)[C@H]2C[C@@H](C)N(C(=O)OC(C)C)c3ccc(C(F)(F)F)cc32)n1. The molecule has 49 heavy (non-hydrogen) atoms. The van der Waals surface area contributed by atoms with Crippen LogP contribution in [-0.2, 0) is 45.9 Å². The molecule has 0 unspecified atom stereocenters. The fourth-order valence-electron chi connectivity index (χ4n) is 5.30. The van der Waals surface area contributed by atoms with Crippen molar-refractivity contribution in [3.05, 3.63) is 64.2 Å². The van der Waals surface area contributed by atoms with Gasteiger partial charge in [-0.15, -0.1) is 5.10 Å². The Balaban J connectivity index is 1.93. The minimum atomic E-state index is -5.20. The molecule has 3 aromatic rings. The highest BCUT2D eigenvalue weighted by Gasteiger charge is 2.42. The average Bonchev–Trinajstić information content (AvgIpc) is 3.44. The number of alkyl halides is 9. The van der Waals surface area contributed by atoms with Crippen molar-refractivity contribution in [2.75, 3.05) is 16.9 Å². The third kappa shape index (κ3) is 8.52. The van der Waals surface area contributed by atoms with Gasteiger partial charge in [-0.25, -0.2) is 4.79 Å². The lowest BCUT2D eigenvalue weighted by Crippen LogP contribution is -2.47. The number of carbonyl (C=O) groups excluding carboxylic acids is 2. The summed E-state index contributed by atoms with van der Waals surface area (Å²) in [6, 6.07) is -0.114. The lowest BCUT2D eigenvalue weighted by Gasteiger charge is -2.43. The number of hydrogen-bond donors (Lipinski definition) is 1. The Bertz CT molecular complexity index is 1640. The number of fused-ring (bicyclic) bond motifs is 1. The monoisotopic (exact) mass is 711 g/mol. The van der Waals surface area contributed by atoms with Gasteiger partial charge >= 0.3 is 30.6 Å². The van der Waals surface area contributed by atoms with Gasteiger partial charge in [-0.2, -0.15) is 44.3 Å². The molecule has 1 aliphatic heterocycles. The Hall–Kier alpha value is -4.62. The van der Waals surface area contributed by atoms with Crippen LogP contribution in [0, 0.1) is 0 Å². The molecule has 4 rings (SSSR count). The Morgan fingerprint density at radius 3 is 2.08 bits per heavy atom. The summed E-state index contributed by atoms with van der Waals surface area (Å²) in [5.74, 6) is -1.32. The number of ether oxygens (including phenoxy) is 2. The van der Waals surface area contributed by atoms with Gasteiger partial charge in [-0.1, -0.05) is 5.10 Å². The van der Waals surface area contributed by atoms with Crippen molar-refractivity contribution in [1.29, 1.82) is 0 Å². The molecule has 0 saturated carbocycles. The van der Waals surface area contributed by atoms with Gasteiger partial charge in [0.2, 0.25) is 0 Å². The molecule has 268 valence electrons. The third-order valence-corrected chi connectivity index (χ3v) is 7.45. The van der Waals surface area contributed by atoms with Crippen molar-refractivity contribution in [2.24, 2.45) is 5.73 Å². The van der Waals surface area contributed by atoms with Gasteiger partial charge in [-0.3, -0.25) is 9.69 Å². The summed E-state index contributed by atoms with van der Waals surface area (Å²) in [6.07, 6.45) is -17.0. The zero-order valence-corrected chi connectivity index (χ0v) is 26.2. The van der Waals surface area contributed by atoms with E-state index >= 15 is 0 Å². The van der Waals surface area contributed by atoms with Crippen LogP contribution in [0.1, 0.15) is 61.1 Å². The number of esters is 1. The molecule has 1 amide bonds. The summed E-state index contributed by atoms with van der Waals surface area (Å²) >= 11 is 0. The number of methoxy groups -OCH3 is 1. The van der Waals surface area contributed by atoms with Crippen LogP contribution in [0.3, 0.4) is 0 Å². The van der Waals surface area contributed by atoms with Crippen LogP contribution in [0.5, 0.6) is 0 Å². The average molecular weight is 712 g/mol. The molecule has 2 aromatic carbocycles. The number of anilines is 2. The van der Waals surface area contributed by atoms with E-state index in [1.807, 2.05) is 0 Å². The first-order valence-electron chi connectivity index (χ1n) is 14.5. The second-order valence-corrected chi connectivity index (χ2v) is 11.5. The second kappa shape index (κ2) is 13.7. The first kappa shape index (κ1) is 37.2. The number of tetrazole rings is 1. The zero-order chi connectivity index (χ0) is 36.6. The normalized spacial score (nSPS) is 17.5. The van der Waals surface area contributed by atoms with E-state index in [-0.39, 0.29) is 23.7 Å². The van der Waals surface area contributed by atoms with Crippen molar-refractivity contribution in [2.45, 2.75) is 83.0 Å². The Labute approximate surface area is 272 Å². The molecule has 0 aliphatic carbocycles. The number of amides is 1. The molecule has 11 nitrogen and oxygen atoms in total. The summed E-state index contributed by atoms with van der Waals surface area (Å²) in [6.45, 7) is 3.40. The van der Waals surface area contributed by atoms with Crippen LogP contribution in [-0.4, -0.2) is 57.6 Å². The van der Waals surface area contributed by atoms with E-state index in [1.165, 1.54) is 6.92 Å². The molecule has 0 saturated heterocycles. The topological polar surface area (TPSA) is 129 Å². The summed E-state index contributed by atoms with van der Waals surface area (Å²) in [5, 5.41) is 11.7. The summed E-state index contributed by atoms with van der Waals surface area (Å²) in [4.78, 5) is 28.0. The number of hydrogen-bond acceptors (Lipinski definition) is 9. The van der Waals surface area contributed by atoms with Crippen LogP contribution in [0.4, 0.5) is 55.9 Å². The molecule has 2 heterocycles. The zero-order valence-electron chi connectivity index (χ0n) is 26.2. The Kier molecular flexibility index (Phi) is 10.4. The van der Waals surface area contributed by atoms with Gasteiger partial charge in [0, 0.05) is 12.6 Å².